The smallest absolute Gasteiger partial charge is 0.234 e. The van der Waals surface area contributed by atoms with Gasteiger partial charge in [-0.25, -0.2) is 0 Å². The number of nitrogens with one attached hydrogen (secondary N) is 1. The molecule has 3 rings (SSSR count). The quantitative estimate of drug-likeness (QED) is 0.918. The Kier molecular flexibility index (Phi) is 4.40. The van der Waals surface area contributed by atoms with Crippen LogP contribution in [0.3, 0.4) is 0 Å². The Hall–Kier alpha value is -1.20. The Labute approximate surface area is 133 Å². The van der Waals surface area contributed by atoms with Crippen molar-refractivity contribution in [3.63, 3.8) is 0 Å². The Morgan fingerprint density at radius 1 is 1.38 bits per heavy atom. The van der Waals surface area contributed by atoms with Crippen LogP contribution in [0.5, 0.6) is 0 Å². The van der Waals surface area contributed by atoms with Crippen molar-refractivity contribution in [3.05, 3.63) is 46.0 Å². The lowest BCUT2D eigenvalue weighted by atomic mass is 9.78. The van der Waals surface area contributed by atoms with E-state index < -0.39 is 0 Å². The molecule has 0 saturated carbocycles. The van der Waals surface area contributed by atoms with E-state index in [1.54, 1.807) is 0 Å². The van der Waals surface area contributed by atoms with Gasteiger partial charge in [-0.3, -0.25) is 0 Å². The van der Waals surface area contributed by atoms with Crippen molar-refractivity contribution >= 4 is 15.9 Å². The summed E-state index contributed by atoms with van der Waals surface area (Å²) in [5.41, 5.74) is 1.19. The molecular formula is C16H20BrN3O. The minimum Gasteiger partial charge on any atom is -0.339 e. The van der Waals surface area contributed by atoms with Crippen LogP contribution in [0.25, 0.3) is 0 Å². The highest BCUT2D eigenvalue weighted by Gasteiger charge is 2.37. The Bertz CT molecular complexity index is 605. The van der Waals surface area contributed by atoms with Crippen LogP contribution in [0.4, 0.5) is 0 Å². The molecular weight excluding hydrogens is 330 g/mol. The molecule has 0 amide bonds. The maximum absolute atomic E-state index is 5.59. The van der Waals surface area contributed by atoms with E-state index in [0.717, 1.165) is 48.5 Å². The van der Waals surface area contributed by atoms with E-state index >= 15 is 0 Å². The predicted octanol–water partition coefficient (Wildman–Crippen LogP) is 3.45. The zero-order chi connectivity index (χ0) is 14.7. The molecule has 5 heteroatoms. The molecule has 1 N–H and O–H groups in total. The van der Waals surface area contributed by atoms with Crippen LogP contribution in [0.2, 0.25) is 0 Å². The van der Waals surface area contributed by atoms with Crippen molar-refractivity contribution in [1.82, 2.24) is 15.5 Å². The second-order valence-corrected chi connectivity index (χ2v) is 6.55. The Balaban J connectivity index is 1.81. The fourth-order valence-corrected chi connectivity index (χ4v) is 3.38. The summed E-state index contributed by atoms with van der Waals surface area (Å²) >= 11 is 3.57. The van der Waals surface area contributed by atoms with Crippen molar-refractivity contribution in [2.45, 2.75) is 38.0 Å². The monoisotopic (exact) mass is 349 g/mol. The molecule has 1 unspecified atom stereocenters. The fraction of sp³-hybridized carbons (Fsp3) is 0.500. The fourth-order valence-electron chi connectivity index (χ4n) is 2.96. The molecule has 0 spiro atoms. The lowest BCUT2D eigenvalue weighted by Crippen LogP contribution is -2.43. The minimum atomic E-state index is 0.0113. The molecule has 0 aliphatic carbocycles. The average molecular weight is 350 g/mol. The van der Waals surface area contributed by atoms with E-state index in [0.29, 0.717) is 6.42 Å². The third-order valence-electron chi connectivity index (χ3n) is 4.38. The summed E-state index contributed by atoms with van der Waals surface area (Å²) in [6.07, 6.45) is 4.00. The van der Waals surface area contributed by atoms with Gasteiger partial charge in [-0.05, 0) is 37.4 Å². The Morgan fingerprint density at radius 2 is 2.24 bits per heavy atom. The van der Waals surface area contributed by atoms with E-state index in [1.807, 2.05) is 18.2 Å². The number of halogens is 1. The second kappa shape index (κ2) is 6.28. The summed E-state index contributed by atoms with van der Waals surface area (Å²) in [5.74, 6) is 1.55. The van der Waals surface area contributed by atoms with Gasteiger partial charge in [-0.15, -0.1) is 0 Å². The normalized spacial score (nSPS) is 22.4. The lowest BCUT2D eigenvalue weighted by Gasteiger charge is -2.33. The number of rotatable bonds is 4. The third kappa shape index (κ3) is 3.04. The maximum atomic E-state index is 5.59. The van der Waals surface area contributed by atoms with Gasteiger partial charge in [0.1, 0.15) is 0 Å². The number of piperidine rings is 1. The summed E-state index contributed by atoms with van der Waals surface area (Å²) in [7, 11) is 0. The van der Waals surface area contributed by atoms with Crippen molar-refractivity contribution < 1.29 is 4.52 Å². The maximum Gasteiger partial charge on any atom is 0.234 e. The highest BCUT2D eigenvalue weighted by Crippen LogP contribution is 2.33. The van der Waals surface area contributed by atoms with Gasteiger partial charge < -0.3 is 9.84 Å². The van der Waals surface area contributed by atoms with Crippen LogP contribution in [0, 0.1) is 0 Å². The van der Waals surface area contributed by atoms with Gasteiger partial charge in [0.2, 0.25) is 5.89 Å². The predicted molar refractivity (Wildman–Crippen MR) is 85.3 cm³/mol. The van der Waals surface area contributed by atoms with E-state index in [9.17, 15) is 0 Å². The van der Waals surface area contributed by atoms with Crippen molar-refractivity contribution in [2.75, 3.05) is 13.1 Å². The van der Waals surface area contributed by atoms with E-state index in [1.165, 1.54) is 5.56 Å². The van der Waals surface area contributed by atoms with Crippen molar-refractivity contribution in [2.24, 2.45) is 0 Å². The first-order valence-corrected chi connectivity index (χ1v) is 8.30. The number of benzene rings is 1. The van der Waals surface area contributed by atoms with Gasteiger partial charge >= 0.3 is 0 Å². The first-order valence-electron chi connectivity index (χ1n) is 7.51. The van der Waals surface area contributed by atoms with Gasteiger partial charge in [-0.1, -0.05) is 46.2 Å². The minimum absolute atomic E-state index is 0.0113. The van der Waals surface area contributed by atoms with E-state index in [4.69, 9.17) is 4.52 Å². The average Bonchev–Trinajstić information content (AvgIpc) is 2.99. The molecule has 2 heterocycles. The van der Waals surface area contributed by atoms with E-state index in [2.05, 4.69) is 44.4 Å². The molecule has 1 aromatic carbocycles. The SMILES string of the molecule is CCC1(c2nc(Cc3ccccc3Br)no2)CCCNC1. The Morgan fingerprint density at radius 3 is 2.95 bits per heavy atom. The third-order valence-corrected chi connectivity index (χ3v) is 5.15. The molecule has 2 aromatic rings. The molecule has 0 bridgehead atoms. The lowest BCUT2D eigenvalue weighted by molar-refractivity contribution is 0.220. The number of nitrogens with zero attached hydrogens (tertiary/aromatic N) is 2. The number of hydrogen-bond acceptors (Lipinski definition) is 4. The number of aromatic nitrogens is 2. The van der Waals surface area contributed by atoms with Gasteiger partial charge in [0, 0.05) is 17.4 Å². The zero-order valence-corrected chi connectivity index (χ0v) is 13.8. The number of hydrogen-bond donors (Lipinski definition) is 1. The molecule has 1 aliphatic heterocycles. The molecule has 4 nitrogen and oxygen atoms in total. The topological polar surface area (TPSA) is 51.0 Å². The van der Waals surface area contributed by atoms with Crippen LogP contribution in [-0.2, 0) is 11.8 Å². The van der Waals surface area contributed by atoms with Crippen LogP contribution in [-0.4, -0.2) is 23.2 Å². The summed E-state index contributed by atoms with van der Waals surface area (Å²) in [6, 6.07) is 8.15. The molecule has 1 fully saturated rings. The van der Waals surface area contributed by atoms with Crippen LogP contribution in [0.15, 0.2) is 33.3 Å². The molecule has 1 aromatic heterocycles. The molecule has 1 atom stereocenters. The first-order chi connectivity index (χ1) is 10.2. The molecule has 21 heavy (non-hydrogen) atoms. The first kappa shape index (κ1) is 14.7. The van der Waals surface area contributed by atoms with E-state index in [-0.39, 0.29) is 5.41 Å². The molecule has 112 valence electrons. The summed E-state index contributed by atoms with van der Waals surface area (Å²) in [6.45, 7) is 4.21. The molecule has 0 radical (unpaired) electrons. The second-order valence-electron chi connectivity index (χ2n) is 5.70. The summed E-state index contributed by atoms with van der Waals surface area (Å²) < 4.78 is 6.68. The summed E-state index contributed by atoms with van der Waals surface area (Å²) in [4.78, 5) is 4.67. The van der Waals surface area contributed by atoms with Crippen LogP contribution in [0.1, 0.15) is 43.5 Å². The van der Waals surface area contributed by atoms with Gasteiger partial charge in [-0.2, -0.15) is 4.98 Å². The zero-order valence-electron chi connectivity index (χ0n) is 12.2. The van der Waals surface area contributed by atoms with Crippen LogP contribution >= 0.6 is 15.9 Å². The highest BCUT2D eigenvalue weighted by molar-refractivity contribution is 9.10. The van der Waals surface area contributed by atoms with Crippen LogP contribution < -0.4 is 5.32 Å². The van der Waals surface area contributed by atoms with Gasteiger partial charge in [0.25, 0.3) is 0 Å². The molecule has 1 aliphatic rings. The summed E-state index contributed by atoms with van der Waals surface area (Å²) in [5, 5.41) is 7.64. The van der Waals surface area contributed by atoms with Gasteiger partial charge in [0.15, 0.2) is 5.82 Å². The van der Waals surface area contributed by atoms with Crippen molar-refractivity contribution in [3.8, 4) is 0 Å². The largest absolute Gasteiger partial charge is 0.339 e. The van der Waals surface area contributed by atoms with Gasteiger partial charge in [0.05, 0.1) is 5.41 Å². The van der Waals surface area contributed by atoms with Crippen molar-refractivity contribution in [1.29, 1.82) is 0 Å². The standard InChI is InChI=1S/C16H20BrN3O/c1-2-16(8-5-9-18-11-16)15-19-14(20-21-15)10-12-6-3-4-7-13(12)17/h3-4,6-7,18H,2,5,8-11H2,1H3. The highest BCUT2D eigenvalue weighted by atomic mass is 79.9. The molecule has 1 saturated heterocycles.